The molecule has 1 N–H and O–H groups in total. The molecule has 6 heteroatoms. The van der Waals surface area contributed by atoms with Crippen molar-refractivity contribution < 1.29 is 13.9 Å². The Morgan fingerprint density at radius 1 is 1.28 bits per heavy atom. The molecule has 1 aromatic carbocycles. The maximum absolute atomic E-state index is 12.4. The number of hydrogen-bond donors (Lipinski definition) is 1. The number of rotatable bonds is 7. The molecule has 134 valence electrons. The molecular formula is C19H23BrN2O3. The fourth-order valence-corrected chi connectivity index (χ4v) is 3.32. The molecule has 1 aliphatic rings. The molecule has 0 spiro atoms. The summed E-state index contributed by atoms with van der Waals surface area (Å²) in [5, 5.41) is 3.00. The Morgan fingerprint density at radius 2 is 2.00 bits per heavy atom. The summed E-state index contributed by atoms with van der Waals surface area (Å²) in [6.07, 6.45) is 3.50. The number of benzene rings is 1. The topological polar surface area (TPSA) is 54.7 Å². The van der Waals surface area contributed by atoms with Gasteiger partial charge in [0.2, 0.25) is 0 Å². The molecule has 1 fully saturated rings. The van der Waals surface area contributed by atoms with E-state index in [2.05, 4.69) is 26.1 Å². The van der Waals surface area contributed by atoms with Crippen molar-refractivity contribution in [2.45, 2.75) is 31.9 Å². The van der Waals surface area contributed by atoms with Gasteiger partial charge in [-0.1, -0.05) is 15.9 Å². The monoisotopic (exact) mass is 406 g/mol. The van der Waals surface area contributed by atoms with Gasteiger partial charge in [-0.05, 0) is 69.3 Å². The molecular weight excluding hydrogens is 384 g/mol. The fraction of sp³-hybridized carbons (Fsp3) is 0.421. The standard InChI is InChI=1S/C19H23BrN2O3/c1-14(25-16-8-6-15(20)7-9-16)19(23)21-13-17(18-5-4-12-24-18)22-10-2-3-11-22/h4-9,12,14,17H,2-3,10-11,13H2,1H3,(H,21,23). The normalized spacial score (nSPS) is 17.2. The zero-order chi connectivity index (χ0) is 17.6. The summed E-state index contributed by atoms with van der Waals surface area (Å²) in [5.74, 6) is 1.44. The Bertz CT molecular complexity index is 666. The van der Waals surface area contributed by atoms with Crippen LogP contribution in [-0.4, -0.2) is 36.5 Å². The van der Waals surface area contributed by atoms with Gasteiger partial charge in [0.25, 0.3) is 5.91 Å². The van der Waals surface area contributed by atoms with E-state index < -0.39 is 6.10 Å². The van der Waals surface area contributed by atoms with Crippen LogP contribution in [0.25, 0.3) is 0 Å². The second-order valence-electron chi connectivity index (χ2n) is 6.23. The van der Waals surface area contributed by atoms with E-state index in [-0.39, 0.29) is 11.9 Å². The highest BCUT2D eigenvalue weighted by Gasteiger charge is 2.26. The molecule has 5 nitrogen and oxygen atoms in total. The van der Waals surface area contributed by atoms with Gasteiger partial charge in [0, 0.05) is 11.0 Å². The molecule has 0 aliphatic carbocycles. The van der Waals surface area contributed by atoms with Crippen LogP contribution in [0.5, 0.6) is 5.75 Å². The summed E-state index contributed by atoms with van der Waals surface area (Å²) in [5.41, 5.74) is 0. The Labute approximate surface area is 156 Å². The summed E-state index contributed by atoms with van der Waals surface area (Å²) >= 11 is 3.38. The third-order valence-corrected chi connectivity index (χ3v) is 4.95. The molecule has 1 aromatic heterocycles. The predicted molar refractivity (Wildman–Crippen MR) is 99.5 cm³/mol. The predicted octanol–water partition coefficient (Wildman–Crippen LogP) is 3.76. The molecule has 0 radical (unpaired) electrons. The van der Waals surface area contributed by atoms with Crippen LogP contribution < -0.4 is 10.1 Å². The number of halogens is 1. The van der Waals surface area contributed by atoms with Gasteiger partial charge in [0.05, 0.1) is 12.3 Å². The van der Waals surface area contributed by atoms with Crippen molar-refractivity contribution in [2.24, 2.45) is 0 Å². The average Bonchev–Trinajstić information content (AvgIpc) is 3.31. The molecule has 0 bridgehead atoms. The van der Waals surface area contributed by atoms with Crippen LogP contribution in [0, 0.1) is 0 Å². The zero-order valence-electron chi connectivity index (χ0n) is 14.3. The third-order valence-electron chi connectivity index (χ3n) is 4.42. The van der Waals surface area contributed by atoms with Crippen LogP contribution in [0.1, 0.15) is 31.6 Å². The molecule has 1 amide bonds. The van der Waals surface area contributed by atoms with E-state index in [4.69, 9.17) is 9.15 Å². The third kappa shape index (κ3) is 4.86. The lowest BCUT2D eigenvalue weighted by Gasteiger charge is -2.26. The average molecular weight is 407 g/mol. The van der Waals surface area contributed by atoms with E-state index in [0.29, 0.717) is 12.3 Å². The van der Waals surface area contributed by atoms with Gasteiger partial charge in [-0.3, -0.25) is 9.69 Å². The van der Waals surface area contributed by atoms with Crippen LogP contribution in [0.4, 0.5) is 0 Å². The SMILES string of the molecule is CC(Oc1ccc(Br)cc1)C(=O)NCC(c1ccco1)N1CCCC1. The van der Waals surface area contributed by atoms with Crippen molar-refractivity contribution in [1.29, 1.82) is 0 Å². The second-order valence-corrected chi connectivity index (χ2v) is 7.15. The number of nitrogens with zero attached hydrogens (tertiary/aromatic N) is 1. The first-order chi connectivity index (χ1) is 12.1. The Hall–Kier alpha value is -1.79. The molecule has 0 saturated carbocycles. The molecule has 2 unspecified atom stereocenters. The summed E-state index contributed by atoms with van der Waals surface area (Å²) in [7, 11) is 0. The number of amides is 1. The van der Waals surface area contributed by atoms with Gasteiger partial charge < -0.3 is 14.5 Å². The highest BCUT2D eigenvalue weighted by molar-refractivity contribution is 9.10. The van der Waals surface area contributed by atoms with E-state index in [1.807, 2.05) is 36.4 Å². The first-order valence-electron chi connectivity index (χ1n) is 8.61. The van der Waals surface area contributed by atoms with Crippen LogP contribution in [0.2, 0.25) is 0 Å². The van der Waals surface area contributed by atoms with Crippen LogP contribution >= 0.6 is 15.9 Å². The van der Waals surface area contributed by atoms with Gasteiger partial charge in [0.15, 0.2) is 6.10 Å². The number of nitrogens with one attached hydrogen (secondary N) is 1. The van der Waals surface area contributed by atoms with Crippen molar-refractivity contribution in [2.75, 3.05) is 19.6 Å². The van der Waals surface area contributed by atoms with E-state index in [1.54, 1.807) is 13.2 Å². The Kier molecular flexibility index (Phi) is 6.15. The zero-order valence-corrected chi connectivity index (χ0v) is 15.9. The lowest BCUT2D eigenvalue weighted by molar-refractivity contribution is -0.127. The van der Waals surface area contributed by atoms with Crippen LogP contribution in [-0.2, 0) is 4.79 Å². The van der Waals surface area contributed by atoms with Gasteiger partial charge in [-0.15, -0.1) is 0 Å². The number of likely N-dealkylation sites (tertiary alicyclic amines) is 1. The largest absolute Gasteiger partial charge is 0.481 e. The highest BCUT2D eigenvalue weighted by atomic mass is 79.9. The highest BCUT2D eigenvalue weighted by Crippen LogP contribution is 2.25. The van der Waals surface area contributed by atoms with Gasteiger partial charge in [-0.2, -0.15) is 0 Å². The van der Waals surface area contributed by atoms with Crippen molar-refractivity contribution in [3.05, 3.63) is 52.9 Å². The van der Waals surface area contributed by atoms with Crippen LogP contribution in [0.15, 0.2) is 51.6 Å². The lowest BCUT2D eigenvalue weighted by Crippen LogP contribution is -2.41. The number of furan rings is 1. The van der Waals surface area contributed by atoms with Crippen molar-refractivity contribution >= 4 is 21.8 Å². The lowest BCUT2D eigenvalue weighted by atomic mass is 10.2. The molecule has 2 atom stereocenters. The molecule has 2 heterocycles. The minimum atomic E-state index is -0.558. The molecule has 25 heavy (non-hydrogen) atoms. The molecule has 1 saturated heterocycles. The first-order valence-corrected chi connectivity index (χ1v) is 9.40. The number of ether oxygens (including phenoxy) is 1. The molecule has 3 rings (SSSR count). The van der Waals surface area contributed by atoms with E-state index >= 15 is 0 Å². The second kappa shape index (κ2) is 8.54. The number of hydrogen-bond acceptors (Lipinski definition) is 4. The maximum Gasteiger partial charge on any atom is 0.260 e. The fourth-order valence-electron chi connectivity index (χ4n) is 3.06. The van der Waals surface area contributed by atoms with E-state index in [9.17, 15) is 4.79 Å². The Balaban J connectivity index is 1.56. The summed E-state index contributed by atoms with van der Waals surface area (Å²) in [6, 6.07) is 11.4. The summed E-state index contributed by atoms with van der Waals surface area (Å²) in [6.45, 7) is 4.34. The number of carbonyl (C=O) groups excluding carboxylic acids is 1. The van der Waals surface area contributed by atoms with E-state index in [0.717, 1.165) is 23.3 Å². The van der Waals surface area contributed by atoms with Gasteiger partial charge in [-0.25, -0.2) is 0 Å². The van der Waals surface area contributed by atoms with Crippen molar-refractivity contribution in [3.63, 3.8) is 0 Å². The van der Waals surface area contributed by atoms with Gasteiger partial charge in [0.1, 0.15) is 11.5 Å². The maximum atomic E-state index is 12.4. The minimum Gasteiger partial charge on any atom is -0.481 e. The summed E-state index contributed by atoms with van der Waals surface area (Å²) < 4.78 is 12.3. The summed E-state index contributed by atoms with van der Waals surface area (Å²) in [4.78, 5) is 14.8. The quantitative estimate of drug-likeness (QED) is 0.760. The van der Waals surface area contributed by atoms with E-state index in [1.165, 1.54) is 12.8 Å². The van der Waals surface area contributed by atoms with Crippen LogP contribution in [0.3, 0.4) is 0 Å². The molecule has 2 aromatic rings. The number of carbonyl (C=O) groups is 1. The van der Waals surface area contributed by atoms with Crippen molar-refractivity contribution in [3.8, 4) is 5.75 Å². The smallest absolute Gasteiger partial charge is 0.260 e. The molecule has 1 aliphatic heterocycles. The first kappa shape index (κ1) is 18.0. The van der Waals surface area contributed by atoms with Crippen molar-refractivity contribution in [1.82, 2.24) is 10.2 Å². The Morgan fingerprint density at radius 3 is 2.64 bits per heavy atom. The minimum absolute atomic E-state index is 0.0707. The van der Waals surface area contributed by atoms with Gasteiger partial charge >= 0.3 is 0 Å².